The maximum atomic E-state index is 12.3. The number of carbonyl (C=O) groups excluding carboxylic acids is 1. The van der Waals surface area contributed by atoms with Crippen molar-refractivity contribution in [3.63, 3.8) is 0 Å². The van der Waals surface area contributed by atoms with Gasteiger partial charge in [-0.25, -0.2) is 4.79 Å². The smallest absolute Gasteiger partial charge is 0.317 e. The van der Waals surface area contributed by atoms with Crippen molar-refractivity contribution in [3.05, 3.63) is 0 Å². The van der Waals surface area contributed by atoms with Crippen molar-refractivity contribution in [3.8, 4) is 0 Å². The van der Waals surface area contributed by atoms with Gasteiger partial charge < -0.3 is 24.8 Å². The SMILES string of the molecule is CC1(C2CCN(C(=O)NC3CCC(O)CC3)CC2)OCCO1. The fourth-order valence-electron chi connectivity index (χ4n) is 3.86. The number of piperidine rings is 1. The van der Waals surface area contributed by atoms with Gasteiger partial charge in [-0.2, -0.15) is 0 Å². The molecule has 1 aliphatic carbocycles. The number of nitrogens with zero attached hydrogens (tertiary/aromatic N) is 1. The normalized spacial score (nSPS) is 32.9. The third-order valence-electron chi connectivity index (χ3n) is 5.41. The summed E-state index contributed by atoms with van der Waals surface area (Å²) < 4.78 is 11.5. The lowest BCUT2D eigenvalue weighted by atomic mass is 9.89. The second kappa shape index (κ2) is 6.72. The summed E-state index contributed by atoms with van der Waals surface area (Å²) in [5.41, 5.74) is 0. The highest BCUT2D eigenvalue weighted by Crippen LogP contribution is 2.35. The van der Waals surface area contributed by atoms with Crippen molar-refractivity contribution in [2.75, 3.05) is 26.3 Å². The van der Waals surface area contributed by atoms with Crippen LogP contribution in [-0.2, 0) is 9.47 Å². The van der Waals surface area contributed by atoms with E-state index in [4.69, 9.17) is 9.47 Å². The van der Waals surface area contributed by atoms with Crippen molar-refractivity contribution in [2.45, 2.75) is 63.4 Å². The van der Waals surface area contributed by atoms with E-state index in [-0.39, 0.29) is 18.2 Å². The maximum absolute atomic E-state index is 12.3. The topological polar surface area (TPSA) is 71.0 Å². The van der Waals surface area contributed by atoms with Crippen LogP contribution in [0.15, 0.2) is 0 Å². The van der Waals surface area contributed by atoms with E-state index < -0.39 is 5.79 Å². The predicted octanol–water partition coefficient (Wildman–Crippen LogP) is 1.47. The Hall–Kier alpha value is -0.850. The van der Waals surface area contributed by atoms with Gasteiger partial charge in [0.1, 0.15) is 0 Å². The van der Waals surface area contributed by atoms with E-state index in [1.54, 1.807) is 0 Å². The summed E-state index contributed by atoms with van der Waals surface area (Å²) in [5.74, 6) is -0.0916. The molecule has 126 valence electrons. The van der Waals surface area contributed by atoms with E-state index in [1.165, 1.54) is 0 Å². The van der Waals surface area contributed by atoms with Crippen molar-refractivity contribution in [1.29, 1.82) is 0 Å². The standard InChI is InChI=1S/C16H28N2O4/c1-16(21-10-11-22-16)12-6-8-18(9-7-12)15(20)17-13-2-4-14(19)5-3-13/h12-14,19H,2-11H2,1H3,(H,17,20). The average Bonchev–Trinajstić information content (AvgIpc) is 2.98. The molecule has 0 aromatic heterocycles. The predicted molar refractivity (Wildman–Crippen MR) is 81.4 cm³/mol. The summed E-state index contributed by atoms with van der Waals surface area (Å²) in [5, 5.41) is 12.6. The summed E-state index contributed by atoms with van der Waals surface area (Å²) >= 11 is 0. The van der Waals surface area contributed by atoms with Gasteiger partial charge in [0.05, 0.1) is 19.3 Å². The molecule has 22 heavy (non-hydrogen) atoms. The summed E-state index contributed by atoms with van der Waals surface area (Å²) in [6.07, 6.45) is 5.00. The van der Waals surface area contributed by atoms with Crippen LogP contribution >= 0.6 is 0 Å². The average molecular weight is 312 g/mol. The molecule has 0 atom stereocenters. The van der Waals surface area contributed by atoms with Crippen molar-refractivity contribution in [2.24, 2.45) is 5.92 Å². The largest absolute Gasteiger partial charge is 0.393 e. The lowest BCUT2D eigenvalue weighted by molar-refractivity contribution is -0.189. The Kier molecular flexibility index (Phi) is 4.90. The molecule has 2 amide bonds. The number of nitrogens with one attached hydrogen (secondary N) is 1. The van der Waals surface area contributed by atoms with Crippen LogP contribution in [0.5, 0.6) is 0 Å². The Balaban J connectivity index is 1.44. The summed E-state index contributed by atoms with van der Waals surface area (Å²) in [7, 11) is 0. The Morgan fingerprint density at radius 2 is 1.68 bits per heavy atom. The van der Waals surface area contributed by atoms with Gasteiger partial charge in [0.15, 0.2) is 5.79 Å². The van der Waals surface area contributed by atoms with Crippen LogP contribution in [0.1, 0.15) is 45.4 Å². The van der Waals surface area contributed by atoms with Crippen LogP contribution in [0.2, 0.25) is 0 Å². The first-order chi connectivity index (χ1) is 10.6. The molecule has 2 saturated heterocycles. The third kappa shape index (κ3) is 3.55. The maximum Gasteiger partial charge on any atom is 0.317 e. The lowest BCUT2D eigenvalue weighted by Gasteiger charge is -2.39. The van der Waals surface area contributed by atoms with E-state index in [0.717, 1.165) is 51.6 Å². The fraction of sp³-hybridized carbons (Fsp3) is 0.938. The number of ether oxygens (including phenoxy) is 2. The number of hydrogen-bond donors (Lipinski definition) is 2. The summed E-state index contributed by atoms with van der Waals surface area (Å²) in [4.78, 5) is 14.2. The van der Waals surface area contributed by atoms with Crippen molar-refractivity contribution in [1.82, 2.24) is 10.2 Å². The Morgan fingerprint density at radius 3 is 2.27 bits per heavy atom. The Labute approximate surface area is 132 Å². The van der Waals surface area contributed by atoms with Gasteiger partial charge in [-0.15, -0.1) is 0 Å². The van der Waals surface area contributed by atoms with Gasteiger partial charge in [-0.05, 0) is 45.4 Å². The van der Waals surface area contributed by atoms with E-state index in [0.29, 0.717) is 19.1 Å². The molecule has 6 heteroatoms. The molecule has 2 aliphatic heterocycles. The minimum atomic E-state index is -0.456. The van der Waals surface area contributed by atoms with Crippen molar-refractivity contribution < 1.29 is 19.4 Å². The minimum Gasteiger partial charge on any atom is -0.393 e. The fourth-order valence-corrected chi connectivity index (χ4v) is 3.86. The number of likely N-dealkylation sites (tertiary alicyclic amines) is 1. The van der Waals surface area contributed by atoms with Crippen LogP contribution in [0.4, 0.5) is 4.79 Å². The zero-order chi connectivity index (χ0) is 15.6. The second-order valence-corrected chi connectivity index (χ2v) is 6.93. The molecule has 6 nitrogen and oxygen atoms in total. The molecule has 3 rings (SSSR count). The van der Waals surface area contributed by atoms with E-state index in [9.17, 15) is 9.90 Å². The van der Waals surface area contributed by atoms with Crippen LogP contribution in [0, 0.1) is 5.92 Å². The number of urea groups is 1. The van der Waals surface area contributed by atoms with Crippen LogP contribution in [-0.4, -0.2) is 60.3 Å². The summed E-state index contributed by atoms with van der Waals surface area (Å²) in [6, 6.07) is 0.255. The molecular formula is C16H28N2O4. The summed E-state index contributed by atoms with van der Waals surface area (Å²) in [6.45, 7) is 4.88. The van der Waals surface area contributed by atoms with E-state index in [2.05, 4.69) is 5.32 Å². The van der Waals surface area contributed by atoms with Crippen LogP contribution in [0.25, 0.3) is 0 Å². The monoisotopic (exact) mass is 312 g/mol. The molecule has 1 saturated carbocycles. The number of aliphatic hydroxyl groups is 1. The minimum absolute atomic E-state index is 0.0400. The van der Waals surface area contributed by atoms with Crippen LogP contribution in [0.3, 0.4) is 0 Å². The van der Waals surface area contributed by atoms with Gasteiger partial charge in [0.2, 0.25) is 0 Å². The molecule has 0 aromatic carbocycles. The Morgan fingerprint density at radius 1 is 1.09 bits per heavy atom. The van der Waals surface area contributed by atoms with E-state index >= 15 is 0 Å². The number of carbonyl (C=O) groups is 1. The number of hydrogen-bond acceptors (Lipinski definition) is 4. The molecule has 2 heterocycles. The highest BCUT2D eigenvalue weighted by molar-refractivity contribution is 5.74. The number of rotatable bonds is 2. The molecule has 3 aliphatic rings. The highest BCUT2D eigenvalue weighted by atomic mass is 16.7. The molecule has 0 radical (unpaired) electrons. The first kappa shape index (κ1) is 16.0. The number of aliphatic hydroxyl groups excluding tert-OH is 1. The highest BCUT2D eigenvalue weighted by Gasteiger charge is 2.41. The zero-order valence-electron chi connectivity index (χ0n) is 13.4. The quantitative estimate of drug-likeness (QED) is 0.810. The molecule has 0 bridgehead atoms. The first-order valence-electron chi connectivity index (χ1n) is 8.58. The molecule has 0 spiro atoms. The first-order valence-corrected chi connectivity index (χ1v) is 8.58. The Bertz CT molecular complexity index is 382. The number of amides is 2. The van der Waals surface area contributed by atoms with Crippen LogP contribution < -0.4 is 5.32 Å². The molecule has 0 unspecified atom stereocenters. The van der Waals surface area contributed by atoms with Gasteiger partial charge in [0.25, 0.3) is 0 Å². The van der Waals surface area contributed by atoms with Gasteiger partial charge in [-0.1, -0.05) is 0 Å². The molecule has 0 aromatic rings. The zero-order valence-corrected chi connectivity index (χ0v) is 13.4. The van der Waals surface area contributed by atoms with E-state index in [1.807, 2.05) is 11.8 Å². The van der Waals surface area contributed by atoms with Gasteiger partial charge in [-0.3, -0.25) is 0 Å². The molecule has 3 fully saturated rings. The van der Waals surface area contributed by atoms with Gasteiger partial charge >= 0.3 is 6.03 Å². The van der Waals surface area contributed by atoms with Gasteiger partial charge in [0, 0.05) is 25.0 Å². The third-order valence-corrected chi connectivity index (χ3v) is 5.41. The second-order valence-electron chi connectivity index (χ2n) is 6.93. The molecule has 2 N–H and O–H groups in total. The molecular weight excluding hydrogens is 284 g/mol. The lowest BCUT2D eigenvalue weighted by Crippen LogP contribution is -2.51. The van der Waals surface area contributed by atoms with Crippen molar-refractivity contribution >= 4 is 6.03 Å².